The average Bonchev–Trinajstić information content (AvgIpc) is 2.29. The lowest BCUT2D eigenvalue weighted by Crippen LogP contribution is -2.48. The summed E-state index contributed by atoms with van der Waals surface area (Å²) in [7, 11) is 0. The van der Waals surface area contributed by atoms with E-state index in [0.29, 0.717) is 0 Å². The first-order valence-electron chi connectivity index (χ1n) is 6.14. The van der Waals surface area contributed by atoms with Gasteiger partial charge >= 0.3 is 0 Å². The second kappa shape index (κ2) is 5.98. The van der Waals surface area contributed by atoms with Crippen molar-refractivity contribution in [3.8, 4) is 0 Å². The van der Waals surface area contributed by atoms with Gasteiger partial charge in [-0.1, -0.05) is 0 Å². The molecule has 0 aromatic heterocycles. The summed E-state index contributed by atoms with van der Waals surface area (Å²) >= 11 is 0. The van der Waals surface area contributed by atoms with Gasteiger partial charge in [0.15, 0.2) is 11.6 Å². The molecule has 20 heavy (non-hydrogen) atoms. The third-order valence-corrected chi connectivity index (χ3v) is 2.69. The fourth-order valence-corrected chi connectivity index (χ4v) is 1.74. The smallest absolute Gasteiger partial charge is 0.244 e. The molecule has 4 nitrogen and oxygen atoms in total. The van der Waals surface area contributed by atoms with Crippen molar-refractivity contribution in [1.29, 1.82) is 0 Å². The van der Waals surface area contributed by atoms with Crippen molar-refractivity contribution < 1.29 is 18.4 Å². The molecule has 0 heterocycles. The van der Waals surface area contributed by atoms with Crippen molar-refractivity contribution in [2.24, 2.45) is 0 Å². The highest BCUT2D eigenvalue weighted by Crippen LogP contribution is 2.15. The summed E-state index contributed by atoms with van der Waals surface area (Å²) in [5.74, 6) is -2.73. The number of hydrogen-bond acceptors (Lipinski definition) is 2. The van der Waals surface area contributed by atoms with Gasteiger partial charge in [-0.05, 0) is 32.9 Å². The number of nitrogens with one attached hydrogen (secondary N) is 1. The van der Waals surface area contributed by atoms with Crippen molar-refractivity contribution in [3.63, 3.8) is 0 Å². The lowest BCUT2D eigenvalue weighted by molar-refractivity contribution is -0.137. The monoisotopic (exact) mass is 284 g/mol. The Balaban J connectivity index is 2.76. The summed E-state index contributed by atoms with van der Waals surface area (Å²) in [5.41, 5.74) is -0.358. The van der Waals surface area contributed by atoms with Gasteiger partial charge in [0.05, 0.1) is 0 Å². The van der Waals surface area contributed by atoms with Crippen LogP contribution in [0.4, 0.5) is 14.5 Å². The van der Waals surface area contributed by atoms with Crippen LogP contribution in [0.5, 0.6) is 0 Å². The predicted molar refractivity (Wildman–Crippen MR) is 72.1 cm³/mol. The molecule has 0 saturated heterocycles. The van der Waals surface area contributed by atoms with Crippen LogP contribution < -0.4 is 5.32 Å². The van der Waals surface area contributed by atoms with Gasteiger partial charge in [-0.25, -0.2) is 8.78 Å². The lowest BCUT2D eigenvalue weighted by atomic mass is 10.1. The summed E-state index contributed by atoms with van der Waals surface area (Å²) in [6.07, 6.45) is 0. The Hall–Kier alpha value is -1.98. The molecule has 0 aliphatic rings. The van der Waals surface area contributed by atoms with Crippen LogP contribution >= 0.6 is 0 Å². The second-order valence-electron chi connectivity index (χ2n) is 5.45. The summed E-state index contributed by atoms with van der Waals surface area (Å²) < 4.78 is 25.8. The van der Waals surface area contributed by atoms with Gasteiger partial charge in [-0.2, -0.15) is 0 Å². The minimum absolute atomic E-state index is 0.145. The lowest BCUT2D eigenvalue weighted by Gasteiger charge is -2.34. The Morgan fingerprint density at radius 1 is 1.20 bits per heavy atom. The van der Waals surface area contributed by atoms with Crippen LogP contribution in [0.25, 0.3) is 0 Å². The van der Waals surface area contributed by atoms with Crippen molar-refractivity contribution in [3.05, 3.63) is 29.8 Å². The molecule has 0 aliphatic carbocycles. The van der Waals surface area contributed by atoms with Crippen LogP contribution in [-0.2, 0) is 9.59 Å². The normalized spacial score (nSPS) is 11.1. The number of rotatable bonds is 3. The SMILES string of the molecule is CC(=O)N(CC(=O)Nc1ccc(F)c(F)c1)C(C)(C)C. The zero-order valence-electron chi connectivity index (χ0n) is 12.0. The van der Waals surface area contributed by atoms with Gasteiger partial charge < -0.3 is 10.2 Å². The number of nitrogens with zero attached hydrogens (tertiary/aromatic N) is 1. The van der Waals surface area contributed by atoms with Crippen molar-refractivity contribution >= 4 is 17.5 Å². The van der Waals surface area contributed by atoms with Crippen LogP contribution in [0, 0.1) is 11.6 Å². The summed E-state index contributed by atoms with van der Waals surface area (Å²) in [6, 6.07) is 3.07. The van der Waals surface area contributed by atoms with E-state index in [2.05, 4.69) is 5.32 Å². The Morgan fingerprint density at radius 2 is 1.80 bits per heavy atom. The molecule has 0 aliphatic heterocycles. The summed E-state index contributed by atoms with van der Waals surface area (Å²) in [6.45, 7) is 6.63. The molecule has 0 fully saturated rings. The van der Waals surface area contributed by atoms with E-state index >= 15 is 0 Å². The topological polar surface area (TPSA) is 49.4 Å². The third kappa shape index (κ3) is 4.29. The summed E-state index contributed by atoms with van der Waals surface area (Å²) in [4.78, 5) is 24.8. The number of benzene rings is 1. The van der Waals surface area contributed by atoms with E-state index in [4.69, 9.17) is 0 Å². The molecular formula is C14H18F2N2O2. The van der Waals surface area contributed by atoms with E-state index in [9.17, 15) is 18.4 Å². The Kier molecular flexibility index (Phi) is 4.81. The van der Waals surface area contributed by atoms with Crippen molar-refractivity contribution in [2.45, 2.75) is 33.2 Å². The maximum atomic E-state index is 13.0. The molecular weight excluding hydrogens is 266 g/mol. The average molecular weight is 284 g/mol. The molecule has 0 atom stereocenters. The van der Waals surface area contributed by atoms with Crippen LogP contribution in [0.2, 0.25) is 0 Å². The van der Waals surface area contributed by atoms with Crippen LogP contribution in [0.1, 0.15) is 27.7 Å². The summed E-state index contributed by atoms with van der Waals surface area (Å²) in [5, 5.41) is 2.43. The number of carbonyl (C=O) groups is 2. The molecule has 1 rings (SSSR count). The molecule has 2 amide bonds. The maximum absolute atomic E-state index is 13.0. The number of anilines is 1. The zero-order valence-corrected chi connectivity index (χ0v) is 12.0. The Labute approximate surface area is 116 Å². The molecule has 0 saturated carbocycles. The molecule has 1 aromatic rings. The first kappa shape index (κ1) is 16.1. The van der Waals surface area contributed by atoms with E-state index in [1.807, 2.05) is 0 Å². The number of hydrogen-bond donors (Lipinski definition) is 1. The van der Waals surface area contributed by atoms with Crippen molar-refractivity contribution in [1.82, 2.24) is 4.90 Å². The number of carbonyl (C=O) groups excluding carboxylic acids is 2. The first-order valence-corrected chi connectivity index (χ1v) is 6.14. The molecule has 0 radical (unpaired) electrons. The standard InChI is InChI=1S/C14H18F2N2O2/c1-9(19)18(14(2,3)4)8-13(20)17-10-5-6-11(15)12(16)7-10/h5-7H,8H2,1-4H3,(H,17,20). The number of halogens is 2. The highest BCUT2D eigenvalue weighted by molar-refractivity contribution is 5.94. The van der Waals surface area contributed by atoms with Gasteiger partial charge in [0.1, 0.15) is 6.54 Å². The highest BCUT2D eigenvalue weighted by Gasteiger charge is 2.25. The largest absolute Gasteiger partial charge is 0.329 e. The Morgan fingerprint density at radius 3 is 2.25 bits per heavy atom. The van der Waals surface area contributed by atoms with Gasteiger partial charge in [-0.15, -0.1) is 0 Å². The minimum Gasteiger partial charge on any atom is -0.329 e. The fraction of sp³-hybridized carbons (Fsp3) is 0.429. The molecule has 110 valence electrons. The molecule has 0 spiro atoms. The predicted octanol–water partition coefficient (Wildman–Crippen LogP) is 2.55. The van der Waals surface area contributed by atoms with Gasteiger partial charge in [0.25, 0.3) is 0 Å². The third-order valence-electron chi connectivity index (χ3n) is 2.69. The quantitative estimate of drug-likeness (QED) is 0.927. The van der Waals surface area contributed by atoms with E-state index < -0.39 is 23.1 Å². The van der Waals surface area contributed by atoms with E-state index in [1.165, 1.54) is 17.9 Å². The highest BCUT2D eigenvalue weighted by atomic mass is 19.2. The fourth-order valence-electron chi connectivity index (χ4n) is 1.74. The molecule has 0 unspecified atom stereocenters. The molecule has 6 heteroatoms. The van der Waals surface area contributed by atoms with Crippen LogP contribution in [-0.4, -0.2) is 28.8 Å². The minimum atomic E-state index is -1.04. The molecule has 1 N–H and O–H groups in total. The first-order chi connectivity index (χ1) is 9.11. The molecule has 1 aromatic carbocycles. The second-order valence-corrected chi connectivity index (χ2v) is 5.45. The van der Waals surface area contributed by atoms with E-state index in [-0.39, 0.29) is 18.1 Å². The molecule has 0 bridgehead atoms. The Bertz CT molecular complexity index is 524. The van der Waals surface area contributed by atoms with E-state index in [1.54, 1.807) is 20.8 Å². The van der Waals surface area contributed by atoms with Gasteiger partial charge in [0.2, 0.25) is 11.8 Å². The van der Waals surface area contributed by atoms with Gasteiger partial charge in [0, 0.05) is 24.2 Å². The van der Waals surface area contributed by atoms with Crippen LogP contribution in [0.15, 0.2) is 18.2 Å². The van der Waals surface area contributed by atoms with E-state index in [0.717, 1.165) is 12.1 Å². The van der Waals surface area contributed by atoms with Gasteiger partial charge in [-0.3, -0.25) is 9.59 Å². The number of amides is 2. The van der Waals surface area contributed by atoms with Crippen LogP contribution in [0.3, 0.4) is 0 Å². The maximum Gasteiger partial charge on any atom is 0.244 e. The van der Waals surface area contributed by atoms with Crippen molar-refractivity contribution in [2.75, 3.05) is 11.9 Å². The zero-order chi connectivity index (χ0) is 15.5.